The van der Waals surface area contributed by atoms with Crippen LogP contribution in [0.25, 0.3) is 0 Å². The zero-order chi connectivity index (χ0) is 17.0. The average molecular weight is 459 g/mol. The molecule has 1 N–H and O–H groups in total. The van der Waals surface area contributed by atoms with E-state index in [4.69, 9.17) is 9.73 Å². The molecule has 142 valence electrons. The maximum absolute atomic E-state index is 5.38. The molecule has 0 saturated carbocycles. The van der Waals surface area contributed by atoms with Crippen molar-refractivity contribution in [3.05, 3.63) is 35.9 Å². The summed E-state index contributed by atoms with van der Waals surface area (Å²) in [6.45, 7) is 9.88. The highest BCUT2D eigenvalue weighted by Crippen LogP contribution is 2.20. The van der Waals surface area contributed by atoms with Gasteiger partial charge in [-0.05, 0) is 51.0 Å². The Labute approximate surface area is 170 Å². The molecule has 0 aromatic heterocycles. The predicted molar refractivity (Wildman–Crippen MR) is 117 cm³/mol. The van der Waals surface area contributed by atoms with Crippen LogP contribution in [0.5, 0.6) is 0 Å². The Morgan fingerprint density at radius 3 is 2.76 bits per heavy atom. The second-order valence-corrected chi connectivity index (χ2v) is 6.43. The molecule has 25 heavy (non-hydrogen) atoms. The van der Waals surface area contributed by atoms with E-state index in [0.29, 0.717) is 0 Å². The van der Waals surface area contributed by atoms with Crippen molar-refractivity contribution in [2.75, 3.05) is 39.4 Å². The fourth-order valence-corrected chi connectivity index (χ4v) is 3.21. The number of nitrogens with zero attached hydrogens (tertiary/aromatic N) is 2. The highest BCUT2D eigenvalue weighted by molar-refractivity contribution is 14.0. The molecule has 1 fully saturated rings. The van der Waals surface area contributed by atoms with Crippen LogP contribution in [0.15, 0.2) is 35.3 Å². The van der Waals surface area contributed by atoms with E-state index in [2.05, 4.69) is 47.5 Å². The van der Waals surface area contributed by atoms with Crippen molar-refractivity contribution in [2.24, 2.45) is 10.9 Å². The number of hydrogen-bond acceptors (Lipinski definition) is 2. The van der Waals surface area contributed by atoms with Crippen molar-refractivity contribution in [3.8, 4) is 0 Å². The molecule has 1 saturated heterocycles. The standard InChI is InChI=1S/C20H33N3O.HI/c1-3-21-20(22-13-8-9-15-24-4-2)23-14-12-19(17-23)16-18-10-6-5-7-11-18;/h5-7,10-11,19H,3-4,8-9,12-17H2,1-2H3,(H,21,22);1H. The molecule has 5 heteroatoms. The van der Waals surface area contributed by atoms with Gasteiger partial charge in [0.15, 0.2) is 5.96 Å². The van der Waals surface area contributed by atoms with Gasteiger partial charge in [0.05, 0.1) is 0 Å². The number of hydrogen-bond donors (Lipinski definition) is 1. The van der Waals surface area contributed by atoms with Gasteiger partial charge in [-0.1, -0.05) is 30.3 Å². The minimum Gasteiger partial charge on any atom is -0.382 e. The highest BCUT2D eigenvalue weighted by Gasteiger charge is 2.24. The molecule has 1 aromatic carbocycles. The molecule has 1 unspecified atom stereocenters. The zero-order valence-electron chi connectivity index (χ0n) is 15.7. The normalized spacial score (nSPS) is 17.4. The van der Waals surface area contributed by atoms with Gasteiger partial charge in [0.2, 0.25) is 0 Å². The summed E-state index contributed by atoms with van der Waals surface area (Å²) < 4.78 is 5.38. The van der Waals surface area contributed by atoms with Crippen LogP contribution < -0.4 is 5.32 Å². The number of likely N-dealkylation sites (tertiary alicyclic amines) is 1. The number of benzene rings is 1. The van der Waals surface area contributed by atoms with Gasteiger partial charge >= 0.3 is 0 Å². The minimum absolute atomic E-state index is 0. The van der Waals surface area contributed by atoms with Gasteiger partial charge in [-0.3, -0.25) is 4.99 Å². The Morgan fingerprint density at radius 2 is 2.04 bits per heavy atom. The number of ether oxygens (including phenoxy) is 1. The SMILES string of the molecule is CCNC(=NCCCCOCC)N1CCC(Cc2ccccc2)C1.I. The van der Waals surface area contributed by atoms with Gasteiger partial charge in [0.1, 0.15) is 0 Å². The van der Waals surface area contributed by atoms with E-state index in [1.54, 1.807) is 0 Å². The van der Waals surface area contributed by atoms with Crippen LogP contribution in [0.3, 0.4) is 0 Å². The van der Waals surface area contributed by atoms with Crippen LogP contribution in [0.2, 0.25) is 0 Å². The van der Waals surface area contributed by atoms with Gasteiger partial charge in [0.25, 0.3) is 0 Å². The van der Waals surface area contributed by atoms with Gasteiger partial charge in [-0.15, -0.1) is 24.0 Å². The first-order chi connectivity index (χ1) is 11.8. The van der Waals surface area contributed by atoms with E-state index >= 15 is 0 Å². The lowest BCUT2D eigenvalue weighted by atomic mass is 9.99. The minimum atomic E-state index is 0. The Balaban J connectivity index is 0.00000312. The number of unbranched alkanes of at least 4 members (excludes halogenated alkanes) is 1. The van der Waals surface area contributed by atoms with Crippen LogP contribution in [0, 0.1) is 5.92 Å². The summed E-state index contributed by atoms with van der Waals surface area (Å²) in [7, 11) is 0. The van der Waals surface area contributed by atoms with E-state index in [0.717, 1.165) is 64.1 Å². The number of rotatable bonds is 9. The Kier molecular flexibility index (Phi) is 11.9. The first kappa shape index (κ1) is 22.2. The monoisotopic (exact) mass is 459 g/mol. The third-order valence-corrected chi connectivity index (χ3v) is 4.45. The van der Waals surface area contributed by atoms with Gasteiger partial charge < -0.3 is 15.0 Å². The van der Waals surface area contributed by atoms with Crippen molar-refractivity contribution in [2.45, 2.75) is 39.5 Å². The van der Waals surface area contributed by atoms with Crippen LogP contribution in [0.4, 0.5) is 0 Å². The third kappa shape index (κ3) is 8.40. The largest absolute Gasteiger partial charge is 0.382 e. The second-order valence-electron chi connectivity index (χ2n) is 6.43. The lowest BCUT2D eigenvalue weighted by Crippen LogP contribution is -2.40. The van der Waals surface area contributed by atoms with Crippen molar-refractivity contribution in [1.29, 1.82) is 0 Å². The van der Waals surface area contributed by atoms with E-state index < -0.39 is 0 Å². The topological polar surface area (TPSA) is 36.9 Å². The molecule has 1 atom stereocenters. The smallest absolute Gasteiger partial charge is 0.193 e. The zero-order valence-corrected chi connectivity index (χ0v) is 18.1. The molecule has 1 aromatic rings. The molecule has 0 amide bonds. The van der Waals surface area contributed by atoms with Gasteiger partial charge in [-0.2, -0.15) is 0 Å². The molecular weight excluding hydrogens is 425 g/mol. The summed E-state index contributed by atoms with van der Waals surface area (Å²) in [5.74, 6) is 1.82. The van der Waals surface area contributed by atoms with Crippen molar-refractivity contribution >= 4 is 29.9 Å². The Morgan fingerprint density at radius 1 is 1.24 bits per heavy atom. The first-order valence-corrected chi connectivity index (χ1v) is 9.48. The number of guanidine groups is 1. The second kappa shape index (κ2) is 13.4. The summed E-state index contributed by atoms with van der Waals surface area (Å²) in [6.07, 6.45) is 4.61. The van der Waals surface area contributed by atoms with E-state index in [9.17, 15) is 0 Å². The van der Waals surface area contributed by atoms with Crippen molar-refractivity contribution in [1.82, 2.24) is 10.2 Å². The quantitative estimate of drug-likeness (QED) is 0.263. The van der Waals surface area contributed by atoms with Gasteiger partial charge in [0, 0.05) is 39.4 Å². The van der Waals surface area contributed by atoms with Gasteiger partial charge in [-0.25, -0.2) is 0 Å². The van der Waals surface area contributed by atoms with E-state index in [1.807, 2.05) is 6.92 Å². The Hall–Kier alpha value is -0.820. The van der Waals surface area contributed by atoms with Crippen LogP contribution >= 0.6 is 24.0 Å². The molecule has 1 aliphatic heterocycles. The molecular formula is C20H34IN3O. The van der Waals surface area contributed by atoms with Crippen LogP contribution in [0.1, 0.15) is 38.7 Å². The molecule has 4 nitrogen and oxygen atoms in total. The lowest BCUT2D eigenvalue weighted by Gasteiger charge is -2.21. The van der Waals surface area contributed by atoms with E-state index in [-0.39, 0.29) is 24.0 Å². The lowest BCUT2D eigenvalue weighted by molar-refractivity contribution is 0.144. The first-order valence-electron chi connectivity index (χ1n) is 9.48. The summed E-state index contributed by atoms with van der Waals surface area (Å²) >= 11 is 0. The van der Waals surface area contributed by atoms with E-state index in [1.165, 1.54) is 18.4 Å². The highest BCUT2D eigenvalue weighted by atomic mass is 127. The predicted octanol–water partition coefficient (Wildman–Crippen LogP) is 3.95. The fraction of sp³-hybridized carbons (Fsp3) is 0.650. The molecule has 0 radical (unpaired) electrons. The van der Waals surface area contributed by atoms with Crippen molar-refractivity contribution < 1.29 is 4.74 Å². The average Bonchev–Trinajstić information content (AvgIpc) is 3.06. The molecule has 2 rings (SSSR count). The maximum atomic E-state index is 5.38. The molecule has 1 aliphatic rings. The maximum Gasteiger partial charge on any atom is 0.193 e. The molecule has 0 bridgehead atoms. The van der Waals surface area contributed by atoms with Crippen LogP contribution in [-0.2, 0) is 11.2 Å². The number of nitrogens with one attached hydrogen (secondary N) is 1. The summed E-state index contributed by atoms with van der Waals surface area (Å²) in [6, 6.07) is 10.8. The third-order valence-electron chi connectivity index (χ3n) is 4.45. The summed E-state index contributed by atoms with van der Waals surface area (Å²) in [5, 5.41) is 3.46. The summed E-state index contributed by atoms with van der Waals surface area (Å²) in [5.41, 5.74) is 1.45. The molecule has 1 heterocycles. The Bertz CT molecular complexity index is 481. The molecule has 0 aliphatic carbocycles. The summed E-state index contributed by atoms with van der Waals surface area (Å²) in [4.78, 5) is 7.24. The molecule has 0 spiro atoms. The number of halogens is 1. The van der Waals surface area contributed by atoms with Crippen LogP contribution in [-0.4, -0.2) is 50.3 Å². The fourth-order valence-electron chi connectivity index (χ4n) is 3.21. The number of aliphatic imine (C=N–C) groups is 1. The van der Waals surface area contributed by atoms with Crippen molar-refractivity contribution in [3.63, 3.8) is 0 Å².